The van der Waals surface area contributed by atoms with Crippen LogP contribution in [-0.2, 0) is 0 Å². The van der Waals surface area contributed by atoms with Crippen LogP contribution in [-0.4, -0.2) is 34.9 Å². The SMILES string of the molecule is Cc1ccc(C(=O)N2CCC(NC(C)c3cc4cnccc4o3)CC2)cc1. The van der Waals surface area contributed by atoms with Gasteiger partial charge >= 0.3 is 0 Å². The zero-order valence-electron chi connectivity index (χ0n) is 15.8. The van der Waals surface area contributed by atoms with E-state index >= 15 is 0 Å². The molecular formula is C22H25N3O2. The molecule has 1 saturated heterocycles. The normalized spacial score (nSPS) is 16.6. The molecular weight excluding hydrogens is 338 g/mol. The summed E-state index contributed by atoms with van der Waals surface area (Å²) in [6, 6.07) is 12.3. The first-order valence-electron chi connectivity index (χ1n) is 9.55. The number of aryl methyl sites for hydroxylation is 1. The van der Waals surface area contributed by atoms with Crippen molar-refractivity contribution in [3.8, 4) is 0 Å². The van der Waals surface area contributed by atoms with Gasteiger partial charge in [0.1, 0.15) is 11.3 Å². The van der Waals surface area contributed by atoms with Crippen LogP contribution in [0.15, 0.2) is 53.2 Å². The number of rotatable bonds is 4. The van der Waals surface area contributed by atoms with Crippen LogP contribution in [0, 0.1) is 6.92 Å². The van der Waals surface area contributed by atoms with Gasteiger partial charge in [0, 0.05) is 42.5 Å². The molecule has 0 saturated carbocycles. The number of furan rings is 1. The Bertz CT molecular complexity index is 891. The van der Waals surface area contributed by atoms with Crippen molar-refractivity contribution in [1.29, 1.82) is 0 Å². The number of benzene rings is 1. The molecule has 3 heterocycles. The average molecular weight is 363 g/mol. The van der Waals surface area contributed by atoms with Gasteiger partial charge in [-0.25, -0.2) is 0 Å². The Kier molecular flexibility index (Phi) is 4.94. The van der Waals surface area contributed by atoms with E-state index in [1.54, 1.807) is 6.20 Å². The summed E-state index contributed by atoms with van der Waals surface area (Å²) in [5, 5.41) is 4.68. The molecule has 4 rings (SSSR count). The number of likely N-dealkylation sites (tertiary alicyclic amines) is 1. The molecule has 2 aromatic heterocycles. The van der Waals surface area contributed by atoms with Crippen molar-refractivity contribution in [3.05, 3.63) is 65.7 Å². The van der Waals surface area contributed by atoms with Gasteiger partial charge < -0.3 is 14.6 Å². The minimum absolute atomic E-state index is 0.127. The van der Waals surface area contributed by atoms with Crippen molar-refractivity contribution < 1.29 is 9.21 Å². The van der Waals surface area contributed by atoms with Crippen LogP contribution in [0.5, 0.6) is 0 Å². The molecule has 0 radical (unpaired) electrons. The molecule has 1 unspecified atom stereocenters. The van der Waals surface area contributed by atoms with Crippen LogP contribution >= 0.6 is 0 Å². The lowest BCUT2D eigenvalue weighted by molar-refractivity contribution is 0.0701. The van der Waals surface area contributed by atoms with E-state index in [1.807, 2.05) is 48.4 Å². The summed E-state index contributed by atoms with van der Waals surface area (Å²) >= 11 is 0. The van der Waals surface area contributed by atoms with Crippen molar-refractivity contribution in [3.63, 3.8) is 0 Å². The number of nitrogens with one attached hydrogen (secondary N) is 1. The third-order valence-electron chi connectivity index (χ3n) is 5.33. The number of hydrogen-bond acceptors (Lipinski definition) is 4. The predicted molar refractivity (Wildman–Crippen MR) is 106 cm³/mol. The van der Waals surface area contributed by atoms with Gasteiger partial charge in [-0.15, -0.1) is 0 Å². The second-order valence-corrected chi connectivity index (χ2v) is 7.38. The summed E-state index contributed by atoms with van der Waals surface area (Å²) in [4.78, 5) is 18.7. The van der Waals surface area contributed by atoms with E-state index in [0.717, 1.165) is 48.2 Å². The third kappa shape index (κ3) is 3.88. The maximum Gasteiger partial charge on any atom is 0.253 e. The smallest absolute Gasteiger partial charge is 0.253 e. The molecule has 1 aliphatic heterocycles. The zero-order chi connectivity index (χ0) is 18.8. The van der Waals surface area contributed by atoms with E-state index < -0.39 is 0 Å². The third-order valence-corrected chi connectivity index (χ3v) is 5.33. The van der Waals surface area contributed by atoms with E-state index in [2.05, 4.69) is 23.3 Å². The van der Waals surface area contributed by atoms with Gasteiger partial charge in [-0.3, -0.25) is 9.78 Å². The Morgan fingerprint density at radius 2 is 1.96 bits per heavy atom. The minimum Gasteiger partial charge on any atom is -0.459 e. The van der Waals surface area contributed by atoms with Crippen molar-refractivity contribution in [2.75, 3.05) is 13.1 Å². The summed E-state index contributed by atoms with van der Waals surface area (Å²) in [5.74, 6) is 1.06. The second kappa shape index (κ2) is 7.53. The summed E-state index contributed by atoms with van der Waals surface area (Å²) in [7, 11) is 0. The van der Waals surface area contributed by atoms with Crippen LogP contribution in [0.4, 0.5) is 0 Å². The Balaban J connectivity index is 1.33. The molecule has 27 heavy (non-hydrogen) atoms. The summed E-state index contributed by atoms with van der Waals surface area (Å²) in [6.07, 6.45) is 5.46. The number of hydrogen-bond donors (Lipinski definition) is 1. The highest BCUT2D eigenvalue weighted by Crippen LogP contribution is 2.24. The van der Waals surface area contributed by atoms with Crippen molar-refractivity contribution in [1.82, 2.24) is 15.2 Å². The van der Waals surface area contributed by atoms with Crippen LogP contribution in [0.2, 0.25) is 0 Å². The molecule has 1 N–H and O–H groups in total. The van der Waals surface area contributed by atoms with E-state index in [4.69, 9.17) is 4.42 Å². The number of carbonyl (C=O) groups excluding carboxylic acids is 1. The van der Waals surface area contributed by atoms with Gasteiger partial charge in [-0.2, -0.15) is 0 Å². The quantitative estimate of drug-likeness (QED) is 0.758. The van der Waals surface area contributed by atoms with E-state index in [-0.39, 0.29) is 11.9 Å². The summed E-state index contributed by atoms with van der Waals surface area (Å²) in [5.41, 5.74) is 2.81. The Morgan fingerprint density at radius 3 is 2.67 bits per heavy atom. The molecule has 1 aromatic carbocycles. The topological polar surface area (TPSA) is 58.4 Å². The molecule has 1 fully saturated rings. The number of aromatic nitrogens is 1. The molecule has 1 aliphatic rings. The lowest BCUT2D eigenvalue weighted by Crippen LogP contribution is -2.45. The fraction of sp³-hybridized carbons (Fsp3) is 0.364. The highest BCUT2D eigenvalue weighted by atomic mass is 16.3. The number of nitrogens with zero attached hydrogens (tertiary/aromatic N) is 2. The lowest BCUT2D eigenvalue weighted by Gasteiger charge is -2.33. The predicted octanol–water partition coefficient (Wildman–Crippen LogP) is 4.09. The first-order chi connectivity index (χ1) is 13.1. The van der Waals surface area contributed by atoms with Crippen LogP contribution in [0.25, 0.3) is 11.0 Å². The summed E-state index contributed by atoms with van der Waals surface area (Å²) < 4.78 is 5.93. The number of fused-ring (bicyclic) bond motifs is 1. The van der Waals surface area contributed by atoms with Gasteiger partial charge in [0.2, 0.25) is 0 Å². The van der Waals surface area contributed by atoms with Crippen LogP contribution in [0.3, 0.4) is 0 Å². The Hall–Kier alpha value is -2.66. The second-order valence-electron chi connectivity index (χ2n) is 7.38. The average Bonchev–Trinajstić information content (AvgIpc) is 3.13. The maximum absolute atomic E-state index is 12.6. The standard InChI is InChI=1S/C22H25N3O2/c1-15-3-5-17(6-4-15)22(26)25-11-8-19(9-12-25)24-16(2)21-13-18-14-23-10-7-20(18)27-21/h3-7,10,13-14,16,19,24H,8-9,11-12H2,1-2H3. The van der Waals surface area contributed by atoms with Gasteiger partial charge in [-0.1, -0.05) is 17.7 Å². The van der Waals surface area contributed by atoms with Crippen LogP contribution < -0.4 is 5.32 Å². The molecule has 5 heteroatoms. The van der Waals surface area contributed by atoms with Crippen molar-refractivity contribution >= 4 is 16.9 Å². The molecule has 0 aliphatic carbocycles. The van der Waals surface area contributed by atoms with Gasteiger partial charge in [0.05, 0.1) is 6.04 Å². The fourth-order valence-electron chi connectivity index (χ4n) is 3.68. The monoisotopic (exact) mass is 363 g/mol. The van der Waals surface area contributed by atoms with Gasteiger partial charge in [0.15, 0.2) is 0 Å². The first kappa shape index (κ1) is 17.7. The van der Waals surface area contributed by atoms with Gasteiger partial charge in [-0.05, 0) is 51.0 Å². The molecule has 5 nitrogen and oxygen atoms in total. The van der Waals surface area contributed by atoms with Crippen molar-refractivity contribution in [2.45, 2.75) is 38.8 Å². The van der Waals surface area contributed by atoms with E-state index in [9.17, 15) is 4.79 Å². The molecule has 140 valence electrons. The van der Waals surface area contributed by atoms with E-state index in [0.29, 0.717) is 6.04 Å². The summed E-state index contributed by atoms with van der Waals surface area (Å²) in [6.45, 7) is 5.71. The minimum atomic E-state index is 0.127. The van der Waals surface area contributed by atoms with Crippen molar-refractivity contribution in [2.24, 2.45) is 0 Å². The first-order valence-corrected chi connectivity index (χ1v) is 9.55. The van der Waals surface area contributed by atoms with E-state index in [1.165, 1.54) is 5.56 Å². The van der Waals surface area contributed by atoms with Crippen LogP contribution in [0.1, 0.15) is 47.5 Å². The fourth-order valence-corrected chi connectivity index (χ4v) is 3.68. The molecule has 3 aromatic rings. The zero-order valence-corrected chi connectivity index (χ0v) is 15.8. The molecule has 0 bridgehead atoms. The Morgan fingerprint density at radius 1 is 1.22 bits per heavy atom. The maximum atomic E-state index is 12.6. The highest BCUT2D eigenvalue weighted by Gasteiger charge is 2.25. The number of amides is 1. The highest BCUT2D eigenvalue weighted by molar-refractivity contribution is 5.94. The number of piperidine rings is 1. The molecule has 0 spiro atoms. The number of pyridine rings is 1. The number of carbonyl (C=O) groups is 1. The largest absolute Gasteiger partial charge is 0.459 e. The van der Waals surface area contributed by atoms with Gasteiger partial charge in [0.25, 0.3) is 5.91 Å². The molecule has 1 amide bonds. The Labute approximate surface area is 159 Å². The lowest BCUT2D eigenvalue weighted by atomic mass is 10.0. The molecule has 1 atom stereocenters.